The summed E-state index contributed by atoms with van der Waals surface area (Å²) < 4.78 is 4.98. The van der Waals surface area contributed by atoms with Gasteiger partial charge in [0.1, 0.15) is 5.01 Å². The lowest BCUT2D eigenvalue weighted by atomic mass is 10.1. The molecule has 0 spiro atoms. The van der Waals surface area contributed by atoms with Crippen molar-refractivity contribution in [2.24, 2.45) is 0 Å². The number of carbonyl (C=O) groups excluding carboxylic acids is 2. The van der Waals surface area contributed by atoms with E-state index >= 15 is 0 Å². The van der Waals surface area contributed by atoms with E-state index in [-0.39, 0.29) is 25.0 Å². The topological polar surface area (TPSA) is 68.3 Å². The van der Waals surface area contributed by atoms with E-state index in [0.717, 1.165) is 23.4 Å². The Hall–Kier alpha value is -2.21. The number of esters is 1. The molecule has 1 aliphatic carbocycles. The van der Waals surface area contributed by atoms with Gasteiger partial charge in [-0.15, -0.1) is 11.3 Å². The van der Waals surface area contributed by atoms with Gasteiger partial charge in [0, 0.05) is 17.0 Å². The van der Waals surface area contributed by atoms with E-state index in [1.54, 1.807) is 0 Å². The molecule has 3 rings (SSSR count). The van der Waals surface area contributed by atoms with Gasteiger partial charge in [-0.25, -0.2) is 4.98 Å². The number of nitrogens with zero attached hydrogens (tertiary/aromatic N) is 1. The zero-order valence-corrected chi connectivity index (χ0v) is 13.7. The third-order valence-corrected chi connectivity index (χ3v) is 4.39. The number of aromatic nitrogens is 1. The molecule has 1 N–H and O–H groups in total. The van der Waals surface area contributed by atoms with Gasteiger partial charge in [-0.05, 0) is 25.8 Å². The van der Waals surface area contributed by atoms with Gasteiger partial charge in [-0.3, -0.25) is 9.59 Å². The minimum absolute atomic E-state index is 0.0824. The lowest BCUT2D eigenvalue weighted by Gasteiger charge is -2.04. The Bertz CT molecular complexity index is 722. The summed E-state index contributed by atoms with van der Waals surface area (Å²) in [5.41, 5.74) is 2.87. The maximum atomic E-state index is 11.8. The molecule has 0 aliphatic heterocycles. The largest absolute Gasteiger partial charge is 0.455 e. The fraction of sp³-hybridized carbons (Fsp3) is 0.353. The summed E-state index contributed by atoms with van der Waals surface area (Å²) in [4.78, 5) is 27.7. The smallest absolute Gasteiger partial charge is 0.312 e. The molecule has 1 aromatic carbocycles. The first-order chi connectivity index (χ1) is 11.1. The van der Waals surface area contributed by atoms with E-state index in [1.165, 1.54) is 16.9 Å². The molecule has 0 saturated heterocycles. The second-order valence-electron chi connectivity index (χ2n) is 5.69. The van der Waals surface area contributed by atoms with Gasteiger partial charge in [-0.1, -0.05) is 23.8 Å². The van der Waals surface area contributed by atoms with Crippen molar-refractivity contribution in [3.63, 3.8) is 0 Å². The number of amides is 1. The highest BCUT2D eigenvalue weighted by molar-refractivity contribution is 7.13. The number of rotatable bonds is 6. The van der Waals surface area contributed by atoms with E-state index in [1.807, 2.05) is 30.5 Å². The molecule has 1 aliphatic rings. The van der Waals surface area contributed by atoms with Crippen LogP contribution >= 0.6 is 11.3 Å². The summed E-state index contributed by atoms with van der Waals surface area (Å²) >= 11 is 1.50. The second kappa shape index (κ2) is 6.91. The lowest BCUT2D eigenvalue weighted by molar-refractivity contribution is -0.147. The molecule has 0 bridgehead atoms. The lowest BCUT2D eigenvalue weighted by Crippen LogP contribution is -2.30. The zero-order valence-electron chi connectivity index (χ0n) is 12.9. The Kier molecular flexibility index (Phi) is 4.71. The molecule has 0 atom stereocenters. The third kappa shape index (κ3) is 4.63. The van der Waals surface area contributed by atoms with Crippen molar-refractivity contribution in [1.29, 1.82) is 0 Å². The van der Waals surface area contributed by atoms with Crippen LogP contribution in [0.1, 0.15) is 24.1 Å². The summed E-state index contributed by atoms with van der Waals surface area (Å²) in [6, 6.07) is 8.34. The van der Waals surface area contributed by atoms with Gasteiger partial charge < -0.3 is 10.1 Å². The molecule has 120 valence electrons. The van der Waals surface area contributed by atoms with Crippen LogP contribution in [0.25, 0.3) is 10.6 Å². The monoisotopic (exact) mass is 330 g/mol. The van der Waals surface area contributed by atoms with Crippen molar-refractivity contribution >= 4 is 23.2 Å². The van der Waals surface area contributed by atoms with Crippen LogP contribution in [0.4, 0.5) is 0 Å². The molecule has 1 fully saturated rings. The van der Waals surface area contributed by atoms with Crippen molar-refractivity contribution in [3.05, 3.63) is 40.9 Å². The SMILES string of the molecule is Cc1cccc(-c2nc(CC(=O)OCC(=O)NC3CC3)cs2)c1. The summed E-state index contributed by atoms with van der Waals surface area (Å²) in [7, 11) is 0. The number of ether oxygens (including phenoxy) is 1. The molecule has 1 amide bonds. The molecule has 1 aromatic heterocycles. The summed E-state index contributed by atoms with van der Waals surface area (Å²) in [5, 5.41) is 5.50. The molecule has 2 aromatic rings. The average Bonchev–Trinajstić information content (AvgIpc) is 3.21. The molecule has 0 radical (unpaired) electrons. The van der Waals surface area contributed by atoms with E-state index in [2.05, 4.69) is 16.4 Å². The van der Waals surface area contributed by atoms with E-state index in [0.29, 0.717) is 5.69 Å². The molecule has 0 unspecified atom stereocenters. The van der Waals surface area contributed by atoms with Gasteiger partial charge in [0.2, 0.25) is 0 Å². The first-order valence-corrected chi connectivity index (χ1v) is 8.44. The van der Waals surface area contributed by atoms with Gasteiger partial charge in [0.15, 0.2) is 6.61 Å². The molecule has 1 saturated carbocycles. The van der Waals surface area contributed by atoms with Crippen LogP contribution in [0.5, 0.6) is 0 Å². The molecule has 23 heavy (non-hydrogen) atoms. The number of hydrogen-bond donors (Lipinski definition) is 1. The van der Waals surface area contributed by atoms with E-state index < -0.39 is 5.97 Å². The minimum Gasteiger partial charge on any atom is -0.455 e. The average molecular weight is 330 g/mol. The Morgan fingerprint density at radius 2 is 2.22 bits per heavy atom. The Balaban J connectivity index is 1.51. The zero-order chi connectivity index (χ0) is 16.2. The quantitative estimate of drug-likeness (QED) is 0.826. The highest BCUT2D eigenvalue weighted by Gasteiger charge is 2.23. The van der Waals surface area contributed by atoms with Crippen molar-refractivity contribution in [2.75, 3.05) is 6.61 Å². The number of benzene rings is 1. The van der Waals surface area contributed by atoms with Gasteiger partial charge in [0.25, 0.3) is 5.91 Å². The maximum absolute atomic E-state index is 11.8. The normalized spacial score (nSPS) is 13.6. The number of nitrogens with one attached hydrogen (secondary N) is 1. The highest BCUT2D eigenvalue weighted by Crippen LogP contribution is 2.24. The van der Waals surface area contributed by atoms with Gasteiger partial charge >= 0.3 is 5.97 Å². The van der Waals surface area contributed by atoms with Crippen molar-refractivity contribution in [1.82, 2.24) is 10.3 Å². The van der Waals surface area contributed by atoms with Crippen molar-refractivity contribution in [2.45, 2.75) is 32.2 Å². The van der Waals surface area contributed by atoms with Gasteiger partial charge in [-0.2, -0.15) is 0 Å². The molecular weight excluding hydrogens is 312 g/mol. The first-order valence-electron chi connectivity index (χ1n) is 7.56. The third-order valence-electron chi connectivity index (χ3n) is 3.45. The highest BCUT2D eigenvalue weighted by atomic mass is 32.1. The first kappa shape index (κ1) is 15.7. The summed E-state index contributed by atoms with van der Waals surface area (Å²) in [5.74, 6) is -0.670. The number of carbonyl (C=O) groups is 2. The Morgan fingerprint density at radius 1 is 1.39 bits per heavy atom. The summed E-state index contributed by atoms with van der Waals surface area (Å²) in [6.45, 7) is 1.81. The van der Waals surface area contributed by atoms with Crippen LogP contribution in [0.15, 0.2) is 29.6 Å². The Labute approximate surface area is 138 Å². The number of hydrogen-bond acceptors (Lipinski definition) is 5. The molecular formula is C17H18N2O3S. The Morgan fingerprint density at radius 3 is 2.96 bits per heavy atom. The van der Waals surface area contributed by atoms with Crippen LogP contribution in [0.3, 0.4) is 0 Å². The van der Waals surface area contributed by atoms with Crippen LogP contribution in [-0.2, 0) is 20.7 Å². The summed E-state index contributed by atoms with van der Waals surface area (Å²) in [6.07, 6.45) is 2.11. The fourth-order valence-corrected chi connectivity index (χ4v) is 2.96. The van der Waals surface area contributed by atoms with Gasteiger partial charge in [0.05, 0.1) is 12.1 Å². The van der Waals surface area contributed by atoms with E-state index in [4.69, 9.17) is 4.74 Å². The van der Waals surface area contributed by atoms with Crippen LogP contribution < -0.4 is 5.32 Å². The second-order valence-corrected chi connectivity index (χ2v) is 6.55. The number of thiazole rings is 1. The fourth-order valence-electron chi connectivity index (χ4n) is 2.14. The predicted octanol–water partition coefficient (Wildman–Crippen LogP) is 2.48. The van der Waals surface area contributed by atoms with Crippen LogP contribution in [0.2, 0.25) is 0 Å². The van der Waals surface area contributed by atoms with E-state index in [9.17, 15) is 9.59 Å². The number of aryl methyl sites for hydroxylation is 1. The molecule has 5 nitrogen and oxygen atoms in total. The van der Waals surface area contributed by atoms with Crippen LogP contribution in [0, 0.1) is 6.92 Å². The maximum Gasteiger partial charge on any atom is 0.312 e. The standard InChI is InChI=1S/C17H18N2O3S/c1-11-3-2-4-12(7-11)17-19-14(10-23-17)8-16(21)22-9-15(20)18-13-5-6-13/h2-4,7,10,13H,5-6,8-9H2,1H3,(H,18,20). The van der Waals surface area contributed by atoms with Crippen LogP contribution in [-0.4, -0.2) is 29.5 Å². The molecule has 1 heterocycles. The van der Waals surface area contributed by atoms with Crippen molar-refractivity contribution in [3.8, 4) is 10.6 Å². The van der Waals surface area contributed by atoms with Crippen molar-refractivity contribution < 1.29 is 14.3 Å². The predicted molar refractivity (Wildman–Crippen MR) is 88.1 cm³/mol. The minimum atomic E-state index is -0.433. The molecule has 6 heteroatoms.